The van der Waals surface area contributed by atoms with Crippen molar-refractivity contribution in [1.29, 1.82) is 0 Å². The Hall–Kier alpha value is -0.900. The highest BCUT2D eigenvalue weighted by Gasteiger charge is 2.24. The Bertz CT molecular complexity index is 178. The largest absolute Gasteiger partial charge is 0.435 e. The van der Waals surface area contributed by atoms with Gasteiger partial charge in [0.2, 0.25) is 6.29 Å². The summed E-state index contributed by atoms with van der Waals surface area (Å²) in [5.41, 5.74) is 0. The van der Waals surface area contributed by atoms with Crippen molar-refractivity contribution < 1.29 is 19.1 Å². The zero-order valence-corrected chi connectivity index (χ0v) is 6.99. The van der Waals surface area contributed by atoms with E-state index in [0.29, 0.717) is 18.8 Å². The maximum absolute atomic E-state index is 10.8. The van der Waals surface area contributed by atoms with Gasteiger partial charge in [-0.25, -0.2) is 0 Å². The molecule has 0 saturated carbocycles. The fourth-order valence-electron chi connectivity index (χ4n) is 1.08. The summed E-state index contributed by atoms with van der Waals surface area (Å²) in [5, 5.41) is 0. The molecule has 0 amide bonds. The lowest BCUT2D eigenvalue weighted by Crippen LogP contribution is -2.16. The Balaban J connectivity index is 2.22. The van der Waals surface area contributed by atoms with Gasteiger partial charge in [0.05, 0.1) is 6.61 Å². The molecule has 4 nitrogen and oxygen atoms in total. The monoisotopic (exact) mass is 172 g/mol. The van der Waals surface area contributed by atoms with Gasteiger partial charge in [-0.3, -0.25) is 4.79 Å². The van der Waals surface area contributed by atoms with Gasteiger partial charge in [0.1, 0.15) is 12.7 Å². The number of ether oxygens (including phenoxy) is 2. The van der Waals surface area contributed by atoms with Crippen LogP contribution in [0.5, 0.6) is 0 Å². The Morgan fingerprint density at radius 3 is 3.00 bits per heavy atom. The van der Waals surface area contributed by atoms with Crippen LogP contribution in [0.4, 0.5) is 0 Å². The standard InChI is InChI=1S/C8H12O4/c1-6-4-8(11-5-6)12-7(10)2-3-9/h3,6,8H,2,4-5H2,1H3. The molecule has 1 heterocycles. The third-order valence-electron chi connectivity index (χ3n) is 1.67. The van der Waals surface area contributed by atoms with Crippen LogP contribution in [0.2, 0.25) is 0 Å². The molecule has 0 N–H and O–H groups in total. The number of rotatable bonds is 3. The minimum Gasteiger partial charge on any atom is -0.435 e. The average molecular weight is 172 g/mol. The SMILES string of the molecule is CC1COC(OC(=O)CC=O)C1. The normalized spacial score (nSPS) is 28.4. The molecule has 12 heavy (non-hydrogen) atoms. The van der Waals surface area contributed by atoms with Crippen molar-refractivity contribution in [2.75, 3.05) is 6.61 Å². The lowest BCUT2D eigenvalue weighted by molar-refractivity contribution is -0.169. The molecule has 1 saturated heterocycles. The zero-order valence-electron chi connectivity index (χ0n) is 6.99. The highest BCUT2D eigenvalue weighted by atomic mass is 16.7. The first kappa shape index (κ1) is 9.19. The maximum Gasteiger partial charge on any atom is 0.315 e. The molecule has 1 aliphatic heterocycles. The highest BCUT2D eigenvalue weighted by molar-refractivity contribution is 5.83. The molecule has 4 heteroatoms. The molecular weight excluding hydrogens is 160 g/mol. The summed E-state index contributed by atoms with van der Waals surface area (Å²) in [5.74, 6) is -0.0804. The number of esters is 1. The Labute approximate surface area is 70.8 Å². The molecule has 2 unspecified atom stereocenters. The Kier molecular flexibility index (Phi) is 3.22. The third kappa shape index (κ3) is 2.62. The second-order valence-electron chi connectivity index (χ2n) is 2.96. The number of hydrogen-bond acceptors (Lipinski definition) is 4. The number of carbonyl (C=O) groups is 2. The van der Waals surface area contributed by atoms with Crippen LogP contribution in [0, 0.1) is 5.92 Å². The molecule has 2 atom stereocenters. The van der Waals surface area contributed by atoms with Crippen LogP contribution in [0.1, 0.15) is 19.8 Å². The summed E-state index contributed by atoms with van der Waals surface area (Å²) in [6.45, 7) is 2.65. The molecule has 1 rings (SSSR count). The van der Waals surface area contributed by atoms with Crippen LogP contribution >= 0.6 is 0 Å². The second-order valence-corrected chi connectivity index (χ2v) is 2.96. The van der Waals surface area contributed by atoms with Gasteiger partial charge in [-0.1, -0.05) is 6.92 Å². The van der Waals surface area contributed by atoms with Gasteiger partial charge in [0.15, 0.2) is 0 Å². The van der Waals surface area contributed by atoms with Gasteiger partial charge in [0.25, 0.3) is 0 Å². The summed E-state index contributed by atoms with van der Waals surface area (Å²) in [6.07, 6.45) is 0.631. The predicted octanol–water partition coefficient (Wildman–Crippen LogP) is 0.501. The van der Waals surface area contributed by atoms with Gasteiger partial charge in [-0.15, -0.1) is 0 Å². The highest BCUT2D eigenvalue weighted by Crippen LogP contribution is 2.19. The quantitative estimate of drug-likeness (QED) is 0.353. The van der Waals surface area contributed by atoms with E-state index in [1.807, 2.05) is 6.92 Å². The van der Waals surface area contributed by atoms with Gasteiger partial charge in [0, 0.05) is 6.42 Å². The Morgan fingerprint density at radius 2 is 2.50 bits per heavy atom. The zero-order chi connectivity index (χ0) is 8.97. The predicted molar refractivity (Wildman–Crippen MR) is 40.3 cm³/mol. The lowest BCUT2D eigenvalue weighted by Gasteiger charge is -2.08. The van der Waals surface area contributed by atoms with E-state index in [9.17, 15) is 9.59 Å². The van der Waals surface area contributed by atoms with E-state index < -0.39 is 12.3 Å². The summed E-state index contributed by atoms with van der Waals surface area (Å²) >= 11 is 0. The summed E-state index contributed by atoms with van der Waals surface area (Å²) < 4.78 is 9.95. The van der Waals surface area contributed by atoms with Gasteiger partial charge in [-0.2, -0.15) is 0 Å². The van der Waals surface area contributed by atoms with E-state index in [0.717, 1.165) is 6.42 Å². The van der Waals surface area contributed by atoms with Crippen LogP contribution in [-0.4, -0.2) is 25.2 Å². The first-order valence-corrected chi connectivity index (χ1v) is 3.97. The van der Waals surface area contributed by atoms with Crippen molar-refractivity contribution in [1.82, 2.24) is 0 Å². The van der Waals surface area contributed by atoms with Crippen molar-refractivity contribution in [2.24, 2.45) is 5.92 Å². The molecule has 0 radical (unpaired) electrons. The summed E-state index contributed by atoms with van der Waals surface area (Å²) in [4.78, 5) is 20.7. The molecule has 68 valence electrons. The van der Waals surface area contributed by atoms with Crippen LogP contribution in [-0.2, 0) is 19.1 Å². The van der Waals surface area contributed by atoms with Gasteiger partial charge in [-0.05, 0) is 5.92 Å². The molecule has 1 aliphatic rings. The molecule has 0 aliphatic carbocycles. The van der Waals surface area contributed by atoms with E-state index in [1.54, 1.807) is 0 Å². The lowest BCUT2D eigenvalue weighted by atomic mass is 10.1. The fraction of sp³-hybridized carbons (Fsp3) is 0.750. The van der Waals surface area contributed by atoms with E-state index in [1.165, 1.54) is 0 Å². The van der Waals surface area contributed by atoms with Crippen LogP contribution < -0.4 is 0 Å². The van der Waals surface area contributed by atoms with Gasteiger partial charge < -0.3 is 14.3 Å². The van der Waals surface area contributed by atoms with Crippen molar-refractivity contribution >= 4 is 12.3 Å². The summed E-state index contributed by atoms with van der Waals surface area (Å²) in [7, 11) is 0. The minimum absolute atomic E-state index is 0.186. The molecule has 0 bridgehead atoms. The molecule has 1 fully saturated rings. The first-order valence-electron chi connectivity index (χ1n) is 3.97. The number of aldehydes is 1. The van der Waals surface area contributed by atoms with E-state index in [4.69, 9.17) is 9.47 Å². The average Bonchev–Trinajstić information content (AvgIpc) is 2.36. The van der Waals surface area contributed by atoms with Crippen LogP contribution in [0.25, 0.3) is 0 Å². The van der Waals surface area contributed by atoms with Gasteiger partial charge >= 0.3 is 5.97 Å². The van der Waals surface area contributed by atoms with E-state index in [2.05, 4.69) is 0 Å². The first-order chi connectivity index (χ1) is 5.72. The van der Waals surface area contributed by atoms with Crippen molar-refractivity contribution in [2.45, 2.75) is 26.1 Å². The topological polar surface area (TPSA) is 52.6 Å². The van der Waals surface area contributed by atoms with Crippen molar-refractivity contribution in [3.8, 4) is 0 Å². The smallest absolute Gasteiger partial charge is 0.315 e. The number of carbonyl (C=O) groups excluding carboxylic acids is 2. The van der Waals surface area contributed by atoms with Crippen LogP contribution in [0.15, 0.2) is 0 Å². The Morgan fingerprint density at radius 1 is 1.75 bits per heavy atom. The van der Waals surface area contributed by atoms with Crippen molar-refractivity contribution in [3.63, 3.8) is 0 Å². The molecule has 0 aromatic heterocycles. The molecule has 0 aromatic rings. The third-order valence-corrected chi connectivity index (χ3v) is 1.67. The molecule has 0 spiro atoms. The van der Waals surface area contributed by atoms with Crippen LogP contribution in [0.3, 0.4) is 0 Å². The maximum atomic E-state index is 10.8. The molecular formula is C8H12O4. The minimum atomic E-state index is -0.510. The summed E-state index contributed by atoms with van der Waals surface area (Å²) in [6, 6.07) is 0. The second kappa shape index (κ2) is 4.21. The molecule has 0 aromatic carbocycles. The van der Waals surface area contributed by atoms with E-state index >= 15 is 0 Å². The number of hydrogen-bond donors (Lipinski definition) is 0. The fourth-order valence-corrected chi connectivity index (χ4v) is 1.08. The van der Waals surface area contributed by atoms with Crippen molar-refractivity contribution in [3.05, 3.63) is 0 Å². The van der Waals surface area contributed by atoms with E-state index in [-0.39, 0.29) is 6.42 Å².